The number of hydrogen-bond donors (Lipinski definition) is 1. The first-order valence-electron chi connectivity index (χ1n) is 5.83. The van der Waals surface area contributed by atoms with Crippen LogP contribution in [0.15, 0.2) is 12.2 Å². The second-order valence-electron chi connectivity index (χ2n) is 4.89. The van der Waals surface area contributed by atoms with Crippen molar-refractivity contribution in [2.24, 2.45) is 0 Å². The third-order valence-corrected chi connectivity index (χ3v) is 3.55. The van der Waals surface area contributed by atoms with E-state index in [4.69, 9.17) is 14.6 Å². The summed E-state index contributed by atoms with van der Waals surface area (Å²) in [6.45, 7) is 7.24. The van der Waals surface area contributed by atoms with Crippen molar-refractivity contribution in [1.82, 2.24) is 4.90 Å². The molecule has 2 atom stereocenters. The number of rotatable bonds is 5. The fourth-order valence-corrected chi connectivity index (χ4v) is 3.07. The SMILES string of the molecule is C=C1CN2C[C@@H](OCCO)C[C@@]2(COC)C1. The van der Waals surface area contributed by atoms with Crippen LogP contribution in [0.3, 0.4) is 0 Å². The molecule has 0 aromatic carbocycles. The topological polar surface area (TPSA) is 41.9 Å². The number of aliphatic hydroxyl groups excluding tert-OH is 1. The van der Waals surface area contributed by atoms with Crippen LogP contribution in [0.1, 0.15) is 12.8 Å². The molecule has 0 aliphatic carbocycles. The van der Waals surface area contributed by atoms with Gasteiger partial charge in [0, 0.05) is 20.2 Å². The second-order valence-corrected chi connectivity index (χ2v) is 4.89. The molecule has 2 aliphatic rings. The van der Waals surface area contributed by atoms with E-state index >= 15 is 0 Å². The maximum atomic E-state index is 8.76. The Kier molecular flexibility index (Phi) is 3.64. The van der Waals surface area contributed by atoms with Crippen LogP contribution in [0, 0.1) is 0 Å². The summed E-state index contributed by atoms with van der Waals surface area (Å²) < 4.78 is 11.0. The van der Waals surface area contributed by atoms with Gasteiger partial charge in [-0.05, 0) is 12.8 Å². The molecular weight excluding hydrogens is 206 g/mol. The smallest absolute Gasteiger partial charge is 0.0722 e. The Morgan fingerprint density at radius 3 is 3.12 bits per heavy atom. The summed E-state index contributed by atoms with van der Waals surface area (Å²) in [5.41, 5.74) is 1.39. The van der Waals surface area contributed by atoms with Gasteiger partial charge in [-0.1, -0.05) is 12.2 Å². The van der Waals surface area contributed by atoms with Crippen molar-refractivity contribution in [2.75, 3.05) is 40.0 Å². The number of aliphatic hydroxyl groups is 1. The highest BCUT2D eigenvalue weighted by atomic mass is 16.5. The Bertz CT molecular complexity index is 269. The lowest BCUT2D eigenvalue weighted by Gasteiger charge is -2.30. The van der Waals surface area contributed by atoms with Crippen molar-refractivity contribution in [3.05, 3.63) is 12.2 Å². The van der Waals surface area contributed by atoms with Crippen LogP contribution < -0.4 is 0 Å². The molecule has 0 aromatic rings. The fourth-order valence-electron chi connectivity index (χ4n) is 3.07. The summed E-state index contributed by atoms with van der Waals surface area (Å²) in [6.07, 6.45) is 2.23. The zero-order valence-corrected chi connectivity index (χ0v) is 9.95. The fraction of sp³-hybridized carbons (Fsp3) is 0.833. The summed E-state index contributed by atoms with van der Waals surface area (Å²) in [5.74, 6) is 0. The summed E-state index contributed by atoms with van der Waals surface area (Å²) in [4.78, 5) is 2.42. The molecular formula is C12H21NO3. The average molecular weight is 227 g/mol. The molecule has 0 amide bonds. The molecule has 1 N–H and O–H groups in total. The van der Waals surface area contributed by atoms with Gasteiger partial charge < -0.3 is 14.6 Å². The van der Waals surface area contributed by atoms with Crippen LogP contribution in [0.2, 0.25) is 0 Å². The predicted molar refractivity (Wildman–Crippen MR) is 61.4 cm³/mol. The van der Waals surface area contributed by atoms with Gasteiger partial charge in [0.15, 0.2) is 0 Å². The quantitative estimate of drug-likeness (QED) is 0.691. The number of methoxy groups -OCH3 is 1. The lowest BCUT2D eigenvalue weighted by Crippen LogP contribution is -2.42. The zero-order valence-electron chi connectivity index (χ0n) is 9.95. The summed E-state index contributed by atoms with van der Waals surface area (Å²) in [7, 11) is 1.75. The number of fused-ring (bicyclic) bond motifs is 1. The standard InChI is InChI=1S/C12H21NO3/c1-10-5-12(9-15-2)6-11(16-4-3-14)8-13(12)7-10/h11,14H,1,3-9H2,2H3/t11-,12+/m0/s1. The van der Waals surface area contributed by atoms with Crippen molar-refractivity contribution < 1.29 is 14.6 Å². The second kappa shape index (κ2) is 4.84. The lowest BCUT2D eigenvalue weighted by molar-refractivity contribution is 0.0310. The van der Waals surface area contributed by atoms with Gasteiger partial charge in [0.1, 0.15) is 0 Å². The van der Waals surface area contributed by atoms with E-state index in [2.05, 4.69) is 11.5 Å². The molecule has 4 heteroatoms. The first-order valence-corrected chi connectivity index (χ1v) is 5.83. The molecule has 4 nitrogen and oxygen atoms in total. The molecule has 0 aromatic heterocycles. The average Bonchev–Trinajstić information content (AvgIpc) is 2.67. The number of nitrogens with zero attached hydrogens (tertiary/aromatic N) is 1. The van der Waals surface area contributed by atoms with Crippen molar-refractivity contribution in [1.29, 1.82) is 0 Å². The maximum Gasteiger partial charge on any atom is 0.0722 e. The van der Waals surface area contributed by atoms with Gasteiger partial charge in [0.2, 0.25) is 0 Å². The van der Waals surface area contributed by atoms with Crippen LogP contribution in [0.4, 0.5) is 0 Å². The van der Waals surface area contributed by atoms with Crippen LogP contribution in [0.5, 0.6) is 0 Å². The predicted octanol–water partition coefficient (Wildman–Crippen LogP) is 0.415. The van der Waals surface area contributed by atoms with Gasteiger partial charge >= 0.3 is 0 Å². The lowest BCUT2D eigenvalue weighted by atomic mass is 9.93. The van der Waals surface area contributed by atoms with Crippen LogP contribution in [-0.2, 0) is 9.47 Å². The molecule has 0 saturated carbocycles. The molecule has 0 spiro atoms. The Balaban J connectivity index is 1.98. The van der Waals surface area contributed by atoms with Gasteiger partial charge in [-0.15, -0.1) is 0 Å². The van der Waals surface area contributed by atoms with E-state index in [9.17, 15) is 0 Å². The Morgan fingerprint density at radius 2 is 2.44 bits per heavy atom. The molecule has 0 bridgehead atoms. The van der Waals surface area contributed by atoms with Crippen LogP contribution in [0.25, 0.3) is 0 Å². The van der Waals surface area contributed by atoms with Gasteiger partial charge in [0.25, 0.3) is 0 Å². The molecule has 16 heavy (non-hydrogen) atoms. The van der Waals surface area contributed by atoms with Gasteiger partial charge in [0.05, 0.1) is 31.5 Å². The third kappa shape index (κ3) is 2.15. The minimum Gasteiger partial charge on any atom is -0.394 e. The van der Waals surface area contributed by atoms with E-state index in [0.29, 0.717) is 6.61 Å². The molecule has 2 rings (SSSR count). The molecule has 2 fully saturated rings. The highest BCUT2D eigenvalue weighted by molar-refractivity contribution is 5.19. The van der Waals surface area contributed by atoms with Gasteiger partial charge in [-0.3, -0.25) is 4.90 Å². The molecule has 2 aliphatic heterocycles. The summed E-state index contributed by atoms with van der Waals surface area (Å²) in [6, 6.07) is 0. The Morgan fingerprint density at radius 1 is 1.62 bits per heavy atom. The van der Waals surface area contributed by atoms with Gasteiger partial charge in [-0.2, -0.15) is 0 Å². The van der Waals surface area contributed by atoms with Crippen molar-refractivity contribution in [3.8, 4) is 0 Å². The first-order chi connectivity index (χ1) is 7.70. The molecule has 2 saturated heterocycles. The van der Waals surface area contributed by atoms with E-state index in [1.165, 1.54) is 5.57 Å². The van der Waals surface area contributed by atoms with E-state index in [-0.39, 0.29) is 18.2 Å². The normalized spacial score (nSPS) is 34.6. The minimum atomic E-state index is 0.0977. The Labute approximate surface area is 96.8 Å². The van der Waals surface area contributed by atoms with Crippen molar-refractivity contribution in [2.45, 2.75) is 24.5 Å². The largest absolute Gasteiger partial charge is 0.394 e. The molecule has 92 valence electrons. The van der Waals surface area contributed by atoms with Crippen molar-refractivity contribution in [3.63, 3.8) is 0 Å². The summed E-state index contributed by atoms with van der Waals surface area (Å²) >= 11 is 0. The summed E-state index contributed by atoms with van der Waals surface area (Å²) in [5, 5.41) is 8.76. The van der Waals surface area contributed by atoms with Gasteiger partial charge in [-0.25, -0.2) is 0 Å². The first kappa shape index (κ1) is 12.0. The molecule has 0 unspecified atom stereocenters. The highest BCUT2D eigenvalue weighted by Crippen LogP contribution is 2.41. The Hall–Kier alpha value is -0.420. The molecule has 2 heterocycles. The monoisotopic (exact) mass is 227 g/mol. The van der Waals surface area contributed by atoms with Crippen LogP contribution >= 0.6 is 0 Å². The van der Waals surface area contributed by atoms with E-state index < -0.39 is 0 Å². The molecule has 0 radical (unpaired) electrons. The third-order valence-electron chi connectivity index (χ3n) is 3.55. The van der Waals surface area contributed by atoms with E-state index in [1.807, 2.05) is 0 Å². The minimum absolute atomic E-state index is 0.0977. The zero-order chi connectivity index (χ0) is 11.6. The number of hydrogen-bond acceptors (Lipinski definition) is 4. The number of ether oxygens (including phenoxy) is 2. The van der Waals surface area contributed by atoms with Crippen LogP contribution in [-0.4, -0.2) is 61.7 Å². The van der Waals surface area contributed by atoms with E-state index in [0.717, 1.165) is 32.5 Å². The van der Waals surface area contributed by atoms with E-state index in [1.54, 1.807) is 7.11 Å². The van der Waals surface area contributed by atoms with Crippen molar-refractivity contribution >= 4 is 0 Å². The maximum absolute atomic E-state index is 8.76. The highest BCUT2D eigenvalue weighted by Gasteiger charge is 2.49.